The highest BCUT2D eigenvalue weighted by Crippen LogP contribution is 2.43. The molecule has 1 fully saturated rings. The number of hydrogen-bond acceptors (Lipinski definition) is 1. The molecule has 0 amide bonds. The molecule has 98 valence electrons. The van der Waals surface area contributed by atoms with Gasteiger partial charge < -0.3 is 0 Å². The Balaban J connectivity index is 1.88. The minimum atomic E-state index is 0.366. The van der Waals surface area contributed by atoms with Gasteiger partial charge in [-0.15, -0.1) is 11.6 Å². The summed E-state index contributed by atoms with van der Waals surface area (Å²) in [6, 6.07) is 4.33. The minimum Gasteiger partial charge on any atom is -0.261 e. The first-order valence-electron chi connectivity index (χ1n) is 7.44. The maximum Gasteiger partial charge on any atom is 0.0469 e. The summed E-state index contributed by atoms with van der Waals surface area (Å²) >= 11 is 6.66. The Labute approximate surface area is 115 Å². The number of aryl methyl sites for hydroxylation is 1. The summed E-state index contributed by atoms with van der Waals surface area (Å²) in [5, 5.41) is 0.366. The van der Waals surface area contributed by atoms with Crippen LogP contribution in [0.5, 0.6) is 0 Å². The second kappa shape index (κ2) is 5.61. The van der Waals surface area contributed by atoms with Gasteiger partial charge in [0, 0.05) is 23.2 Å². The van der Waals surface area contributed by atoms with Gasteiger partial charge in [-0.3, -0.25) is 4.98 Å². The smallest absolute Gasteiger partial charge is 0.0469 e. The third-order valence-electron chi connectivity index (χ3n) is 4.74. The standard InChI is InChI=1S/C16H22ClN/c17-15-10-3-1-2-8-13(15)14-9-4-6-12-7-5-11-18-16(12)14/h5,7,11,13-15H,1-4,6,8-10H2. The second-order valence-electron chi connectivity index (χ2n) is 5.86. The number of aromatic nitrogens is 1. The summed E-state index contributed by atoms with van der Waals surface area (Å²) < 4.78 is 0. The second-order valence-corrected chi connectivity index (χ2v) is 6.42. The first-order valence-corrected chi connectivity index (χ1v) is 7.88. The molecule has 0 radical (unpaired) electrons. The zero-order valence-electron chi connectivity index (χ0n) is 10.9. The monoisotopic (exact) mass is 263 g/mol. The quantitative estimate of drug-likeness (QED) is 0.529. The van der Waals surface area contributed by atoms with E-state index in [4.69, 9.17) is 11.6 Å². The van der Waals surface area contributed by atoms with Crippen LogP contribution < -0.4 is 0 Å². The molecular formula is C16H22ClN. The number of hydrogen-bond donors (Lipinski definition) is 0. The molecule has 1 heterocycles. The van der Waals surface area contributed by atoms with Crippen molar-refractivity contribution in [2.24, 2.45) is 5.92 Å². The van der Waals surface area contributed by atoms with Crippen molar-refractivity contribution in [3.63, 3.8) is 0 Å². The molecule has 1 nitrogen and oxygen atoms in total. The van der Waals surface area contributed by atoms with Crippen molar-refractivity contribution < 1.29 is 0 Å². The lowest BCUT2D eigenvalue weighted by Crippen LogP contribution is -2.26. The van der Waals surface area contributed by atoms with E-state index in [1.807, 2.05) is 6.20 Å². The lowest BCUT2D eigenvalue weighted by Gasteiger charge is -2.33. The molecule has 0 N–H and O–H groups in total. The van der Waals surface area contributed by atoms with Gasteiger partial charge in [-0.2, -0.15) is 0 Å². The van der Waals surface area contributed by atoms with Crippen LogP contribution in [0.1, 0.15) is 62.1 Å². The molecule has 2 heteroatoms. The highest BCUT2D eigenvalue weighted by molar-refractivity contribution is 6.20. The first kappa shape index (κ1) is 12.5. The highest BCUT2D eigenvalue weighted by Gasteiger charge is 2.33. The van der Waals surface area contributed by atoms with Crippen LogP contribution in [0.2, 0.25) is 0 Å². The van der Waals surface area contributed by atoms with Gasteiger partial charge in [-0.1, -0.05) is 25.3 Å². The number of halogens is 1. The van der Waals surface area contributed by atoms with Gasteiger partial charge in [0.15, 0.2) is 0 Å². The van der Waals surface area contributed by atoms with E-state index >= 15 is 0 Å². The van der Waals surface area contributed by atoms with Crippen molar-refractivity contribution in [3.8, 4) is 0 Å². The van der Waals surface area contributed by atoms with Gasteiger partial charge >= 0.3 is 0 Å². The van der Waals surface area contributed by atoms with Crippen molar-refractivity contribution in [2.75, 3.05) is 0 Å². The molecule has 0 bridgehead atoms. The summed E-state index contributed by atoms with van der Waals surface area (Å²) in [5.41, 5.74) is 2.84. The van der Waals surface area contributed by atoms with Crippen LogP contribution in [0.4, 0.5) is 0 Å². The molecule has 1 aromatic heterocycles. The third kappa shape index (κ3) is 2.42. The molecule has 3 unspecified atom stereocenters. The normalized spacial score (nSPS) is 32.6. The molecule has 3 atom stereocenters. The molecule has 2 aliphatic carbocycles. The van der Waals surface area contributed by atoms with Gasteiger partial charge in [0.2, 0.25) is 0 Å². The van der Waals surface area contributed by atoms with E-state index in [1.165, 1.54) is 62.6 Å². The van der Waals surface area contributed by atoms with E-state index in [0.29, 0.717) is 17.2 Å². The van der Waals surface area contributed by atoms with Crippen LogP contribution in [-0.2, 0) is 6.42 Å². The topological polar surface area (TPSA) is 12.9 Å². The van der Waals surface area contributed by atoms with E-state index in [0.717, 1.165) is 0 Å². The molecule has 2 aliphatic rings. The van der Waals surface area contributed by atoms with Crippen molar-refractivity contribution in [2.45, 2.75) is 62.7 Å². The van der Waals surface area contributed by atoms with Crippen LogP contribution in [0.3, 0.4) is 0 Å². The van der Waals surface area contributed by atoms with E-state index in [2.05, 4.69) is 17.1 Å². The largest absolute Gasteiger partial charge is 0.261 e. The summed E-state index contributed by atoms with van der Waals surface area (Å²) in [5.74, 6) is 1.28. The Morgan fingerprint density at radius 3 is 2.89 bits per heavy atom. The van der Waals surface area contributed by atoms with Crippen LogP contribution in [0.15, 0.2) is 18.3 Å². The van der Waals surface area contributed by atoms with Gasteiger partial charge in [0.25, 0.3) is 0 Å². The van der Waals surface area contributed by atoms with Gasteiger partial charge in [-0.05, 0) is 49.7 Å². The highest BCUT2D eigenvalue weighted by atomic mass is 35.5. The Kier molecular flexibility index (Phi) is 3.88. The number of alkyl halides is 1. The lowest BCUT2D eigenvalue weighted by atomic mass is 9.75. The fourth-order valence-corrected chi connectivity index (χ4v) is 4.26. The average Bonchev–Trinajstić information content (AvgIpc) is 2.63. The maximum atomic E-state index is 6.66. The molecule has 0 spiro atoms. The molecule has 1 saturated carbocycles. The molecule has 3 rings (SSSR count). The van der Waals surface area contributed by atoms with E-state index < -0.39 is 0 Å². The van der Waals surface area contributed by atoms with Crippen LogP contribution in [0, 0.1) is 5.92 Å². The SMILES string of the molecule is ClC1CCCCCC1C1CCCc2cccnc21. The van der Waals surface area contributed by atoms with Crippen LogP contribution in [-0.4, -0.2) is 10.4 Å². The summed E-state index contributed by atoms with van der Waals surface area (Å²) in [6.07, 6.45) is 12.3. The number of nitrogens with zero attached hydrogens (tertiary/aromatic N) is 1. The minimum absolute atomic E-state index is 0.366. The summed E-state index contributed by atoms with van der Waals surface area (Å²) in [4.78, 5) is 4.68. The Bertz CT molecular complexity index is 404. The Morgan fingerprint density at radius 2 is 1.94 bits per heavy atom. The fourth-order valence-electron chi connectivity index (χ4n) is 3.81. The lowest BCUT2D eigenvalue weighted by molar-refractivity contribution is 0.340. The predicted octanol–water partition coefficient (Wildman–Crippen LogP) is 4.69. The zero-order valence-corrected chi connectivity index (χ0v) is 11.7. The number of pyridine rings is 1. The Morgan fingerprint density at radius 1 is 1.06 bits per heavy atom. The zero-order chi connectivity index (χ0) is 12.4. The predicted molar refractivity (Wildman–Crippen MR) is 76.1 cm³/mol. The Hall–Kier alpha value is -0.560. The molecular weight excluding hydrogens is 242 g/mol. The van der Waals surface area contributed by atoms with Crippen molar-refractivity contribution in [3.05, 3.63) is 29.6 Å². The van der Waals surface area contributed by atoms with Crippen molar-refractivity contribution >= 4 is 11.6 Å². The molecule has 18 heavy (non-hydrogen) atoms. The molecule has 0 aromatic carbocycles. The van der Waals surface area contributed by atoms with Gasteiger partial charge in [-0.25, -0.2) is 0 Å². The van der Waals surface area contributed by atoms with Crippen molar-refractivity contribution in [1.29, 1.82) is 0 Å². The maximum absolute atomic E-state index is 6.66. The number of fused-ring (bicyclic) bond motifs is 1. The van der Waals surface area contributed by atoms with E-state index in [1.54, 1.807) is 0 Å². The fraction of sp³-hybridized carbons (Fsp3) is 0.688. The molecule has 0 aliphatic heterocycles. The summed E-state index contributed by atoms with van der Waals surface area (Å²) in [6.45, 7) is 0. The van der Waals surface area contributed by atoms with Crippen LogP contribution >= 0.6 is 11.6 Å². The van der Waals surface area contributed by atoms with Crippen molar-refractivity contribution in [1.82, 2.24) is 4.98 Å². The van der Waals surface area contributed by atoms with Crippen LogP contribution in [0.25, 0.3) is 0 Å². The molecule has 1 aromatic rings. The van der Waals surface area contributed by atoms with E-state index in [-0.39, 0.29) is 0 Å². The third-order valence-corrected chi connectivity index (χ3v) is 5.28. The average molecular weight is 264 g/mol. The van der Waals surface area contributed by atoms with Gasteiger partial charge in [0.1, 0.15) is 0 Å². The molecule has 0 saturated heterocycles. The first-order chi connectivity index (χ1) is 8.86. The van der Waals surface area contributed by atoms with E-state index in [9.17, 15) is 0 Å². The van der Waals surface area contributed by atoms with Gasteiger partial charge in [0.05, 0.1) is 0 Å². The number of rotatable bonds is 1. The summed E-state index contributed by atoms with van der Waals surface area (Å²) in [7, 11) is 0.